The zero-order valence-electron chi connectivity index (χ0n) is 11.6. The maximum absolute atomic E-state index is 11.4. The lowest BCUT2D eigenvalue weighted by atomic mass is 10.3. The van der Waals surface area contributed by atoms with E-state index in [0.717, 1.165) is 0 Å². The summed E-state index contributed by atoms with van der Waals surface area (Å²) < 4.78 is 10.2. The molecule has 1 rings (SSSR count). The molecule has 2 N–H and O–H groups in total. The SMILES string of the molecule is CCOC(=O)C(C)NCC(O)COc1ccc(Cl)cc1. The smallest absolute Gasteiger partial charge is 0.322 e. The Bertz CT molecular complexity index is 410. The van der Waals surface area contributed by atoms with E-state index in [1.165, 1.54) is 0 Å². The number of carbonyl (C=O) groups is 1. The van der Waals surface area contributed by atoms with Crippen molar-refractivity contribution in [2.75, 3.05) is 19.8 Å². The van der Waals surface area contributed by atoms with Gasteiger partial charge in [-0.05, 0) is 38.1 Å². The maximum Gasteiger partial charge on any atom is 0.322 e. The van der Waals surface area contributed by atoms with Gasteiger partial charge < -0.3 is 19.9 Å². The number of benzene rings is 1. The third kappa shape index (κ3) is 6.23. The maximum atomic E-state index is 11.4. The summed E-state index contributed by atoms with van der Waals surface area (Å²) in [5.41, 5.74) is 0. The van der Waals surface area contributed by atoms with Crippen LogP contribution in [0.3, 0.4) is 0 Å². The minimum atomic E-state index is -0.720. The van der Waals surface area contributed by atoms with Crippen molar-refractivity contribution in [3.63, 3.8) is 0 Å². The summed E-state index contributed by atoms with van der Waals surface area (Å²) in [5.74, 6) is 0.296. The molecule has 1 aromatic carbocycles. The molecule has 0 heterocycles. The number of hydrogen-bond donors (Lipinski definition) is 2. The number of nitrogens with one attached hydrogen (secondary N) is 1. The van der Waals surface area contributed by atoms with Crippen LogP contribution in [0.2, 0.25) is 5.02 Å². The molecule has 0 aliphatic rings. The molecular weight excluding hydrogens is 282 g/mol. The number of esters is 1. The second kappa shape index (κ2) is 8.79. The van der Waals surface area contributed by atoms with Gasteiger partial charge in [-0.3, -0.25) is 4.79 Å². The Balaban J connectivity index is 2.24. The normalized spacial score (nSPS) is 13.6. The minimum absolute atomic E-state index is 0.129. The highest BCUT2D eigenvalue weighted by Crippen LogP contribution is 2.15. The summed E-state index contributed by atoms with van der Waals surface area (Å²) in [4.78, 5) is 11.4. The lowest BCUT2D eigenvalue weighted by Gasteiger charge is -2.16. The van der Waals surface area contributed by atoms with E-state index in [2.05, 4.69) is 5.32 Å². The lowest BCUT2D eigenvalue weighted by molar-refractivity contribution is -0.145. The summed E-state index contributed by atoms with van der Waals surface area (Å²) >= 11 is 5.76. The summed E-state index contributed by atoms with van der Waals surface area (Å²) in [6.45, 7) is 4.15. The minimum Gasteiger partial charge on any atom is -0.491 e. The Morgan fingerprint density at radius 1 is 1.40 bits per heavy atom. The first-order chi connectivity index (χ1) is 9.52. The van der Waals surface area contributed by atoms with Crippen molar-refractivity contribution in [3.8, 4) is 5.75 Å². The van der Waals surface area contributed by atoms with Crippen LogP contribution in [-0.2, 0) is 9.53 Å². The molecule has 2 unspecified atom stereocenters. The van der Waals surface area contributed by atoms with Crippen LogP contribution < -0.4 is 10.1 Å². The highest BCUT2D eigenvalue weighted by atomic mass is 35.5. The van der Waals surface area contributed by atoms with E-state index in [4.69, 9.17) is 21.1 Å². The lowest BCUT2D eigenvalue weighted by Crippen LogP contribution is -2.41. The number of carbonyl (C=O) groups excluding carboxylic acids is 1. The molecule has 0 aliphatic carbocycles. The first-order valence-corrected chi connectivity index (χ1v) is 6.87. The molecule has 6 heteroatoms. The fraction of sp³-hybridized carbons (Fsp3) is 0.500. The highest BCUT2D eigenvalue weighted by molar-refractivity contribution is 6.30. The van der Waals surface area contributed by atoms with Crippen LogP contribution in [0.4, 0.5) is 0 Å². The van der Waals surface area contributed by atoms with Gasteiger partial charge in [0.25, 0.3) is 0 Å². The van der Waals surface area contributed by atoms with E-state index in [1.807, 2.05) is 0 Å². The topological polar surface area (TPSA) is 67.8 Å². The van der Waals surface area contributed by atoms with E-state index in [9.17, 15) is 9.90 Å². The second-order valence-electron chi connectivity index (χ2n) is 4.30. The van der Waals surface area contributed by atoms with Crippen molar-refractivity contribution in [1.82, 2.24) is 5.32 Å². The molecule has 0 aliphatic heterocycles. The predicted molar refractivity (Wildman–Crippen MR) is 77.1 cm³/mol. The van der Waals surface area contributed by atoms with Gasteiger partial charge in [0, 0.05) is 11.6 Å². The molecule has 0 bridgehead atoms. The van der Waals surface area contributed by atoms with Gasteiger partial charge >= 0.3 is 5.97 Å². The van der Waals surface area contributed by atoms with Crippen LogP contribution >= 0.6 is 11.6 Å². The molecule has 0 spiro atoms. The third-order valence-corrected chi connectivity index (χ3v) is 2.81. The fourth-order valence-corrected chi connectivity index (χ4v) is 1.57. The van der Waals surface area contributed by atoms with Gasteiger partial charge in [-0.2, -0.15) is 0 Å². The molecule has 5 nitrogen and oxygen atoms in total. The van der Waals surface area contributed by atoms with E-state index in [0.29, 0.717) is 17.4 Å². The van der Waals surface area contributed by atoms with Gasteiger partial charge in [0.1, 0.15) is 24.5 Å². The first-order valence-electron chi connectivity index (χ1n) is 6.49. The Hall–Kier alpha value is -1.30. The van der Waals surface area contributed by atoms with Crippen LogP contribution in [-0.4, -0.2) is 43.0 Å². The van der Waals surface area contributed by atoms with Crippen molar-refractivity contribution in [2.45, 2.75) is 26.0 Å². The number of aliphatic hydroxyl groups excluding tert-OH is 1. The largest absolute Gasteiger partial charge is 0.491 e. The Morgan fingerprint density at radius 3 is 2.65 bits per heavy atom. The molecule has 0 radical (unpaired) electrons. The fourth-order valence-electron chi connectivity index (χ4n) is 1.45. The average molecular weight is 302 g/mol. The van der Waals surface area contributed by atoms with Crippen molar-refractivity contribution in [3.05, 3.63) is 29.3 Å². The molecule has 0 saturated carbocycles. The summed E-state index contributed by atoms with van der Waals surface area (Å²) in [7, 11) is 0. The van der Waals surface area contributed by atoms with Gasteiger partial charge in [0.2, 0.25) is 0 Å². The Kier molecular flexibility index (Phi) is 7.36. The number of ether oxygens (including phenoxy) is 2. The van der Waals surface area contributed by atoms with Crippen LogP contribution in [0.25, 0.3) is 0 Å². The molecule has 112 valence electrons. The van der Waals surface area contributed by atoms with E-state index in [-0.39, 0.29) is 19.1 Å². The predicted octanol–water partition coefficient (Wildman–Crippen LogP) is 1.62. The van der Waals surface area contributed by atoms with Gasteiger partial charge in [0.15, 0.2) is 0 Å². The van der Waals surface area contributed by atoms with Gasteiger partial charge in [-0.25, -0.2) is 0 Å². The molecule has 0 fully saturated rings. The highest BCUT2D eigenvalue weighted by Gasteiger charge is 2.15. The van der Waals surface area contributed by atoms with Crippen molar-refractivity contribution in [1.29, 1.82) is 0 Å². The Labute approximate surface area is 123 Å². The standard InChI is InChI=1S/C14H20ClNO4/c1-3-19-14(18)10(2)16-8-12(17)9-20-13-6-4-11(15)5-7-13/h4-7,10,12,16-17H,3,8-9H2,1-2H3. The van der Waals surface area contributed by atoms with Crippen LogP contribution in [0.15, 0.2) is 24.3 Å². The average Bonchev–Trinajstić information content (AvgIpc) is 2.44. The van der Waals surface area contributed by atoms with Crippen molar-refractivity contribution >= 4 is 17.6 Å². The second-order valence-corrected chi connectivity index (χ2v) is 4.74. The van der Waals surface area contributed by atoms with E-state index in [1.54, 1.807) is 38.1 Å². The van der Waals surface area contributed by atoms with Gasteiger partial charge in [-0.1, -0.05) is 11.6 Å². The van der Waals surface area contributed by atoms with Crippen LogP contribution in [0.5, 0.6) is 5.75 Å². The van der Waals surface area contributed by atoms with E-state index < -0.39 is 12.1 Å². The number of halogens is 1. The monoisotopic (exact) mass is 301 g/mol. The summed E-state index contributed by atoms with van der Waals surface area (Å²) in [5, 5.41) is 13.3. The van der Waals surface area contributed by atoms with Gasteiger partial charge in [-0.15, -0.1) is 0 Å². The third-order valence-electron chi connectivity index (χ3n) is 2.56. The molecule has 2 atom stereocenters. The Morgan fingerprint density at radius 2 is 2.05 bits per heavy atom. The zero-order chi connectivity index (χ0) is 15.0. The molecule has 0 saturated heterocycles. The van der Waals surface area contributed by atoms with Crippen molar-refractivity contribution < 1.29 is 19.4 Å². The number of aliphatic hydroxyl groups is 1. The van der Waals surface area contributed by atoms with Crippen LogP contribution in [0.1, 0.15) is 13.8 Å². The molecule has 20 heavy (non-hydrogen) atoms. The quantitative estimate of drug-likeness (QED) is 0.714. The number of rotatable bonds is 8. The summed E-state index contributed by atoms with van der Waals surface area (Å²) in [6.07, 6.45) is -0.720. The summed E-state index contributed by atoms with van der Waals surface area (Å²) in [6, 6.07) is 6.42. The molecule has 1 aromatic rings. The van der Waals surface area contributed by atoms with Crippen LogP contribution in [0, 0.1) is 0 Å². The zero-order valence-corrected chi connectivity index (χ0v) is 12.4. The molecule has 0 amide bonds. The molecule has 0 aromatic heterocycles. The van der Waals surface area contributed by atoms with Crippen molar-refractivity contribution in [2.24, 2.45) is 0 Å². The number of hydrogen-bond acceptors (Lipinski definition) is 5. The van der Waals surface area contributed by atoms with E-state index >= 15 is 0 Å². The van der Waals surface area contributed by atoms with Gasteiger partial charge in [0.05, 0.1) is 6.61 Å². The first kappa shape index (κ1) is 16.8. The molecular formula is C14H20ClNO4.